The second kappa shape index (κ2) is 8.06. The normalized spacial score (nSPS) is 19.8. The molecule has 0 bridgehead atoms. The van der Waals surface area contributed by atoms with Gasteiger partial charge in [0.2, 0.25) is 5.91 Å². The Morgan fingerprint density at radius 1 is 1.30 bits per heavy atom. The number of alkyl halides is 3. The van der Waals surface area contributed by atoms with Gasteiger partial charge in [0, 0.05) is 19.5 Å². The van der Waals surface area contributed by atoms with Crippen LogP contribution in [0, 0.1) is 5.41 Å². The van der Waals surface area contributed by atoms with E-state index in [-0.39, 0.29) is 30.4 Å². The van der Waals surface area contributed by atoms with Gasteiger partial charge in [0.25, 0.3) is 0 Å². The molecule has 1 aliphatic heterocycles. The van der Waals surface area contributed by atoms with E-state index in [0.717, 1.165) is 0 Å². The molecule has 1 aromatic carbocycles. The third-order valence-electron chi connectivity index (χ3n) is 4.59. The topological polar surface area (TPSA) is 76.1 Å². The number of benzene rings is 1. The van der Waals surface area contributed by atoms with Gasteiger partial charge in [-0.05, 0) is 37.5 Å². The van der Waals surface area contributed by atoms with Crippen LogP contribution in [0.2, 0.25) is 0 Å². The van der Waals surface area contributed by atoms with Gasteiger partial charge in [-0.3, -0.25) is 9.59 Å². The number of aryl methyl sites for hydroxylation is 1. The Kier molecular flexibility index (Phi) is 6.22. The molecule has 0 unspecified atom stereocenters. The SMILES string of the molecule is COc1cc(CCC(=O)N2CC[C@@](C)(C(=O)O)C2)ccc1OCC(F)(F)F. The summed E-state index contributed by atoms with van der Waals surface area (Å²) >= 11 is 0. The zero-order valence-electron chi connectivity index (χ0n) is 15.1. The largest absolute Gasteiger partial charge is 0.493 e. The number of hydrogen-bond donors (Lipinski definition) is 1. The molecule has 0 aromatic heterocycles. The Bertz CT molecular complexity index is 707. The molecule has 6 nitrogen and oxygen atoms in total. The third kappa shape index (κ3) is 5.51. The lowest BCUT2D eigenvalue weighted by Gasteiger charge is -2.20. The summed E-state index contributed by atoms with van der Waals surface area (Å²) < 4.78 is 46.6. The molecule has 0 radical (unpaired) electrons. The van der Waals surface area contributed by atoms with Gasteiger partial charge >= 0.3 is 12.1 Å². The molecule has 1 aliphatic rings. The highest BCUT2D eigenvalue weighted by atomic mass is 19.4. The summed E-state index contributed by atoms with van der Waals surface area (Å²) in [4.78, 5) is 25.1. The van der Waals surface area contributed by atoms with Crippen molar-refractivity contribution in [3.63, 3.8) is 0 Å². The molecule has 150 valence electrons. The molecule has 9 heteroatoms. The summed E-state index contributed by atoms with van der Waals surface area (Å²) in [6, 6.07) is 4.49. The molecular weight excluding hydrogens is 367 g/mol. The predicted octanol–water partition coefficient (Wildman–Crippen LogP) is 2.89. The molecule has 1 saturated heterocycles. The number of amides is 1. The summed E-state index contributed by atoms with van der Waals surface area (Å²) in [5.41, 5.74) is -0.212. The fraction of sp³-hybridized carbons (Fsp3) is 0.556. The molecule has 0 spiro atoms. The minimum absolute atomic E-state index is 0.0262. The van der Waals surface area contributed by atoms with Crippen molar-refractivity contribution in [1.82, 2.24) is 4.90 Å². The zero-order chi connectivity index (χ0) is 20.2. The number of nitrogens with zero attached hydrogens (tertiary/aromatic N) is 1. The number of ether oxygens (including phenoxy) is 2. The summed E-state index contributed by atoms with van der Waals surface area (Å²) in [7, 11) is 1.32. The first kappa shape index (κ1) is 20.9. The van der Waals surface area contributed by atoms with Crippen molar-refractivity contribution in [3.05, 3.63) is 23.8 Å². The van der Waals surface area contributed by atoms with Crippen molar-refractivity contribution in [2.75, 3.05) is 26.8 Å². The Labute approximate surface area is 154 Å². The van der Waals surface area contributed by atoms with Gasteiger partial charge < -0.3 is 19.5 Å². The molecule has 1 aromatic rings. The number of carboxylic acids is 1. The van der Waals surface area contributed by atoms with Crippen LogP contribution in [-0.4, -0.2) is 54.9 Å². The number of halogens is 3. The average Bonchev–Trinajstić information content (AvgIpc) is 3.01. The first-order chi connectivity index (χ1) is 12.5. The summed E-state index contributed by atoms with van der Waals surface area (Å²) in [5.74, 6) is -0.946. The van der Waals surface area contributed by atoms with Crippen molar-refractivity contribution in [2.24, 2.45) is 5.41 Å². The van der Waals surface area contributed by atoms with Crippen molar-refractivity contribution in [3.8, 4) is 11.5 Å². The number of carbonyl (C=O) groups is 2. The van der Waals surface area contributed by atoms with Crippen molar-refractivity contribution in [1.29, 1.82) is 0 Å². The van der Waals surface area contributed by atoms with Crippen molar-refractivity contribution >= 4 is 11.9 Å². The fourth-order valence-corrected chi connectivity index (χ4v) is 2.90. The Hall–Kier alpha value is -2.45. The van der Waals surface area contributed by atoms with Crippen molar-refractivity contribution < 1.29 is 37.3 Å². The maximum atomic E-state index is 12.3. The highest BCUT2D eigenvalue weighted by molar-refractivity contribution is 5.80. The van der Waals surface area contributed by atoms with Gasteiger partial charge in [-0.1, -0.05) is 6.07 Å². The van der Waals surface area contributed by atoms with Gasteiger partial charge in [-0.2, -0.15) is 13.2 Å². The van der Waals surface area contributed by atoms with Gasteiger partial charge in [0.05, 0.1) is 12.5 Å². The molecule has 1 N–H and O–H groups in total. The molecule has 1 heterocycles. The summed E-state index contributed by atoms with van der Waals surface area (Å²) in [6.45, 7) is 0.773. The molecule has 27 heavy (non-hydrogen) atoms. The summed E-state index contributed by atoms with van der Waals surface area (Å²) in [5, 5.41) is 9.22. The lowest BCUT2D eigenvalue weighted by atomic mass is 9.90. The minimum atomic E-state index is -4.45. The number of carboxylic acid groups (broad SMARTS) is 1. The number of carbonyl (C=O) groups excluding carboxylic acids is 1. The molecule has 0 aliphatic carbocycles. The van der Waals surface area contributed by atoms with E-state index in [1.54, 1.807) is 13.0 Å². The van der Waals surface area contributed by atoms with E-state index in [1.165, 1.54) is 24.1 Å². The van der Waals surface area contributed by atoms with E-state index >= 15 is 0 Å². The van der Waals surface area contributed by atoms with Gasteiger partial charge in [-0.25, -0.2) is 0 Å². The number of hydrogen-bond acceptors (Lipinski definition) is 4. The van der Waals surface area contributed by atoms with Crippen LogP contribution < -0.4 is 9.47 Å². The number of aliphatic carboxylic acids is 1. The highest BCUT2D eigenvalue weighted by Crippen LogP contribution is 2.32. The Morgan fingerprint density at radius 3 is 2.56 bits per heavy atom. The van der Waals surface area contributed by atoms with Crippen LogP contribution in [0.4, 0.5) is 13.2 Å². The van der Waals surface area contributed by atoms with Crippen LogP contribution in [0.25, 0.3) is 0 Å². The highest BCUT2D eigenvalue weighted by Gasteiger charge is 2.41. The standard InChI is InChI=1S/C18H22F3NO5/c1-17(16(24)25)7-8-22(10-17)15(23)6-4-12-3-5-13(14(9-12)26-2)27-11-18(19,20)21/h3,5,9H,4,6-8,10-11H2,1-2H3,(H,24,25)/t17-/m1/s1. The number of rotatable bonds is 7. The van der Waals surface area contributed by atoms with Crippen LogP contribution in [0.3, 0.4) is 0 Å². The van der Waals surface area contributed by atoms with Crippen molar-refractivity contribution in [2.45, 2.75) is 32.4 Å². The smallest absolute Gasteiger partial charge is 0.422 e. The third-order valence-corrected chi connectivity index (χ3v) is 4.59. The molecular formula is C18H22F3NO5. The zero-order valence-corrected chi connectivity index (χ0v) is 15.1. The maximum absolute atomic E-state index is 12.3. The first-order valence-corrected chi connectivity index (χ1v) is 8.42. The maximum Gasteiger partial charge on any atom is 0.422 e. The van der Waals surface area contributed by atoms with Gasteiger partial charge in [0.1, 0.15) is 0 Å². The second-order valence-electron chi connectivity index (χ2n) is 6.82. The quantitative estimate of drug-likeness (QED) is 0.776. The number of likely N-dealkylation sites (tertiary alicyclic amines) is 1. The first-order valence-electron chi connectivity index (χ1n) is 8.42. The molecule has 0 saturated carbocycles. The molecule has 1 amide bonds. The minimum Gasteiger partial charge on any atom is -0.493 e. The van der Waals surface area contributed by atoms with E-state index in [9.17, 15) is 27.9 Å². The van der Waals surface area contributed by atoms with Crippen LogP contribution >= 0.6 is 0 Å². The van der Waals surface area contributed by atoms with Gasteiger partial charge in [-0.15, -0.1) is 0 Å². The van der Waals surface area contributed by atoms with Crippen LogP contribution in [-0.2, 0) is 16.0 Å². The number of methoxy groups -OCH3 is 1. The Balaban J connectivity index is 1.94. The molecule has 1 atom stereocenters. The lowest BCUT2D eigenvalue weighted by Crippen LogP contribution is -2.34. The van der Waals surface area contributed by atoms with E-state index in [2.05, 4.69) is 0 Å². The molecule has 1 fully saturated rings. The average molecular weight is 389 g/mol. The van der Waals surface area contributed by atoms with Crippen LogP contribution in [0.15, 0.2) is 18.2 Å². The summed E-state index contributed by atoms with van der Waals surface area (Å²) in [6.07, 6.45) is -3.51. The molecule has 2 rings (SSSR count). The van der Waals surface area contributed by atoms with Crippen LogP contribution in [0.1, 0.15) is 25.3 Å². The Morgan fingerprint density at radius 2 is 2.00 bits per heavy atom. The van der Waals surface area contributed by atoms with E-state index < -0.39 is 24.2 Å². The second-order valence-corrected chi connectivity index (χ2v) is 6.82. The van der Waals surface area contributed by atoms with Gasteiger partial charge in [0.15, 0.2) is 18.1 Å². The van der Waals surface area contributed by atoms with E-state index in [4.69, 9.17) is 9.47 Å². The van der Waals surface area contributed by atoms with Crippen LogP contribution in [0.5, 0.6) is 11.5 Å². The lowest BCUT2D eigenvalue weighted by molar-refractivity contribution is -0.153. The fourth-order valence-electron chi connectivity index (χ4n) is 2.90. The van der Waals surface area contributed by atoms with E-state index in [0.29, 0.717) is 24.9 Å². The van der Waals surface area contributed by atoms with E-state index in [1.807, 2.05) is 0 Å². The monoisotopic (exact) mass is 389 g/mol. The predicted molar refractivity (Wildman–Crippen MR) is 89.8 cm³/mol.